The van der Waals surface area contributed by atoms with Crippen molar-refractivity contribution in [3.63, 3.8) is 0 Å². The standard InChI is InChI=1S/C13H8Cl2F3NO/c1-7-2-3-10(9(14)4-7)20-12-6-8(13(16,17)18)5-11(15)19-12/h2-6H,1H3. The molecule has 1 aromatic heterocycles. The van der Waals surface area contributed by atoms with Crippen molar-refractivity contribution >= 4 is 23.2 Å². The van der Waals surface area contributed by atoms with Crippen molar-refractivity contribution in [2.24, 2.45) is 0 Å². The molecule has 0 bridgehead atoms. The first-order valence-corrected chi connectivity index (χ1v) is 6.20. The highest BCUT2D eigenvalue weighted by atomic mass is 35.5. The van der Waals surface area contributed by atoms with Gasteiger partial charge in [0.25, 0.3) is 0 Å². The Morgan fingerprint density at radius 2 is 1.80 bits per heavy atom. The Hall–Kier alpha value is -1.46. The summed E-state index contributed by atoms with van der Waals surface area (Å²) in [6, 6.07) is 6.39. The zero-order valence-electron chi connectivity index (χ0n) is 10.1. The van der Waals surface area contributed by atoms with Crippen LogP contribution in [0.3, 0.4) is 0 Å². The Bertz CT molecular complexity index is 644. The minimum atomic E-state index is -4.53. The summed E-state index contributed by atoms with van der Waals surface area (Å²) in [6.07, 6.45) is -4.53. The first kappa shape index (κ1) is 14.9. The average Bonchev–Trinajstić information content (AvgIpc) is 2.31. The van der Waals surface area contributed by atoms with E-state index in [4.69, 9.17) is 27.9 Å². The molecule has 1 heterocycles. The number of hydrogen-bond donors (Lipinski definition) is 0. The number of alkyl halides is 3. The summed E-state index contributed by atoms with van der Waals surface area (Å²) in [5, 5.41) is -0.0293. The minimum Gasteiger partial charge on any atom is -0.437 e. The van der Waals surface area contributed by atoms with Crippen LogP contribution in [-0.4, -0.2) is 4.98 Å². The van der Waals surface area contributed by atoms with Gasteiger partial charge < -0.3 is 4.74 Å². The summed E-state index contributed by atoms with van der Waals surface area (Å²) in [5.74, 6) is -0.0595. The number of benzene rings is 1. The van der Waals surface area contributed by atoms with Crippen molar-refractivity contribution in [2.75, 3.05) is 0 Å². The van der Waals surface area contributed by atoms with E-state index in [0.717, 1.165) is 17.7 Å². The van der Waals surface area contributed by atoms with Crippen LogP contribution in [0.2, 0.25) is 10.2 Å². The molecule has 0 aliphatic rings. The number of rotatable bonds is 2. The van der Waals surface area contributed by atoms with E-state index in [1.807, 2.05) is 6.92 Å². The molecule has 1 aromatic carbocycles. The smallest absolute Gasteiger partial charge is 0.416 e. The van der Waals surface area contributed by atoms with E-state index in [-0.39, 0.29) is 21.8 Å². The monoisotopic (exact) mass is 321 g/mol. The number of hydrogen-bond acceptors (Lipinski definition) is 2. The summed E-state index contributed by atoms with van der Waals surface area (Å²) in [6.45, 7) is 1.83. The first-order chi connectivity index (χ1) is 9.25. The molecule has 106 valence electrons. The van der Waals surface area contributed by atoms with E-state index in [2.05, 4.69) is 4.98 Å². The van der Waals surface area contributed by atoms with Crippen LogP contribution in [0.5, 0.6) is 11.6 Å². The van der Waals surface area contributed by atoms with Crippen LogP contribution >= 0.6 is 23.2 Å². The maximum atomic E-state index is 12.7. The number of aromatic nitrogens is 1. The molecule has 0 unspecified atom stereocenters. The molecule has 0 N–H and O–H groups in total. The van der Waals surface area contributed by atoms with E-state index in [1.165, 1.54) is 0 Å². The van der Waals surface area contributed by atoms with E-state index in [1.54, 1.807) is 18.2 Å². The molecule has 0 saturated heterocycles. The van der Waals surface area contributed by atoms with Crippen LogP contribution < -0.4 is 4.74 Å². The molecular formula is C13H8Cl2F3NO. The van der Waals surface area contributed by atoms with Crippen LogP contribution in [0.25, 0.3) is 0 Å². The topological polar surface area (TPSA) is 22.1 Å². The lowest BCUT2D eigenvalue weighted by molar-refractivity contribution is -0.137. The molecule has 2 nitrogen and oxygen atoms in total. The maximum absolute atomic E-state index is 12.7. The molecule has 2 rings (SSSR count). The summed E-state index contributed by atoms with van der Waals surface area (Å²) in [4.78, 5) is 3.69. The Kier molecular flexibility index (Phi) is 4.11. The molecule has 0 aliphatic heterocycles. The van der Waals surface area contributed by atoms with Crippen LogP contribution in [0.1, 0.15) is 11.1 Å². The third kappa shape index (κ3) is 3.55. The van der Waals surface area contributed by atoms with Gasteiger partial charge in [0.1, 0.15) is 10.9 Å². The number of nitrogens with zero attached hydrogens (tertiary/aromatic N) is 1. The lowest BCUT2D eigenvalue weighted by Crippen LogP contribution is -2.05. The number of aryl methyl sites for hydroxylation is 1. The second kappa shape index (κ2) is 5.50. The van der Waals surface area contributed by atoms with Crippen molar-refractivity contribution in [1.29, 1.82) is 0 Å². The highest BCUT2D eigenvalue weighted by molar-refractivity contribution is 6.32. The fourth-order valence-electron chi connectivity index (χ4n) is 1.49. The lowest BCUT2D eigenvalue weighted by Gasteiger charge is -2.11. The summed E-state index contributed by atoms with van der Waals surface area (Å²) >= 11 is 11.5. The quantitative estimate of drug-likeness (QED) is 0.680. The SMILES string of the molecule is Cc1ccc(Oc2cc(C(F)(F)F)cc(Cl)n2)c(Cl)c1. The van der Waals surface area contributed by atoms with Crippen LogP contribution in [-0.2, 0) is 6.18 Å². The molecule has 0 saturated carbocycles. The van der Waals surface area contributed by atoms with Crippen molar-refractivity contribution in [1.82, 2.24) is 4.98 Å². The predicted octanol–water partition coefficient (Wildman–Crippen LogP) is 5.51. The zero-order chi connectivity index (χ0) is 14.9. The van der Waals surface area contributed by atoms with Gasteiger partial charge in [0.05, 0.1) is 10.6 Å². The molecule has 7 heteroatoms. The number of halogens is 5. The molecule has 0 atom stereocenters. The highest BCUT2D eigenvalue weighted by Crippen LogP contribution is 2.35. The fraction of sp³-hybridized carbons (Fsp3) is 0.154. The van der Waals surface area contributed by atoms with E-state index >= 15 is 0 Å². The van der Waals surface area contributed by atoms with Crippen molar-refractivity contribution < 1.29 is 17.9 Å². The van der Waals surface area contributed by atoms with Gasteiger partial charge in [0, 0.05) is 6.07 Å². The largest absolute Gasteiger partial charge is 0.437 e. The van der Waals surface area contributed by atoms with Gasteiger partial charge in [-0.15, -0.1) is 0 Å². The molecule has 0 aliphatic carbocycles. The third-order valence-electron chi connectivity index (χ3n) is 2.40. The Morgan fingerprint density at radius 1 is 1.10 bits per heavy atom. The molecular weight excluding hydrogens is 314 g/mol. The predicted molar refractivity (Wildman–Crippen MR) is 70.5 cm³/mol. The Morgan fingerprint density at radius 3 is 2.40 bits per heavy atom. The third-order valence-corrected chi connectivity index (χ3v) is 2.89. The highest BCUT2D eigenvalue weighted by Gasteiger charge is 2.32. The van der Waals surface area contributed by atoms with Crippen molar-refractivity contribution in [2.45, 2.75) is 13.1 Å². The maximum Gasteiger partial charge on any atom is 0.416 e. The average molecular weight is 322 g/mol. The van der Waals surface area contributed by atoms with Gasteiger partial charge >= 0.3 is 6.18 Å². The van der Waals surface area contributed by atoms with Crippen LogP contribution in [0.15, 0.2) is 30.3 Å². The van der Waals surface area contributed by atoms with Crippen LogP contribution in [0, 0.1) is 6.92 Å². The van der Waals surface area contributed by atoms with Gasteiger partial charge in [-0.25, -0.2) is 4.98 Å². The molecule has 2 aromatic rings. The van der Waals surface area contributed by atoms with Gasteiger partial charge in [-0.3, -0.25) is 0 Å². The first-order valence-electron chi connectivity index (χ1n) is 5.44. The normalized spacial score (nSPS) is 11.5. The molecule has 0 spiro atoms. The van der Waals surface area contributed by atoms with Gasteiger partial charge in [-0.2, -0.15) is 13.2 Å². The molecule has 0 amide bonds. The second-order valence-corrected chi connectivity index (χ2v) is 4.84. The van der Waals surface area contributed by atoms with Crippen LogP contribution in [0.4, 0.5) is 13.2 Å². The summed E-state index contributed by atoms with van der Waals surface area (Å²) < 4.78 is 43.2. The Labute approximate surface area is 123 Å². The van der Waals surface area contributed by atoms with Gasteiger partial charge in [0.2, 0.25) is 5.88 Å². The Balaban J connectivity index is 2.36. The van der Waals surface area contributed by atoms with Gasteiger partial charge in [-0.1, -0.05) is 29.3 Å². The van der Waals surface area contributed by atoms with Crippen molar-refractivity contribution in [3.8, 4) is 11.6 Å². The second-order valence-electron chi connectivity index (χ2n) is 4.05. The molecule has 0 radical (unpaired) electrons. The lowest BCUT2D eigenvalue weighted by atomic mass is 10.2. The molecule has 20 heavy (non-hydrogen) atoms. The number of ether oxygens (including phenoxy) is 1. The number of pyridine rings is 1. The summed E-state index contributed by atoms with van der Waals surface area (Å²) in [7, 11) is 0. The zero-order valence-corrected chi connectivity index (χ0v) is 11.6. The van der Waals surface area contributed by atoms with E-state index < -0.39 is 11.7 Å². The fourth-order valence-corrected chi connectivity index (χ4v) is 1.96. The van der Waals surface area contributed by atoms with E-state index in [9.17, 15) is 13.2 Å². The van der Waals surface area contributed by atoms with Crippen molar-refractivity contribution in [3.05, 3.63) is 51.6 Å². The molecule has 0 fully saturated rings. The van der Waals surface area contributed by atoms with E-state index in [0.29, 0.717) is 0 Å². The van der Waals surface area contributed by atoms with Gasteiger partial charge in [0.15, 0.2) is 0 Å². The summed E-state index contributed by atoms with van der Waals surface area (Å²) in [5.41, 5.74) is -0.0342. The van der Waals surface area contributed by atoms with Gasteiger partial charge in [-0.05, 0) is 30.7 Å². The minimum absolute atomic E-state index is 0.208.